The van der Waals surface area contributed by atoms with Gasteiger partial charge in [-0.25, -0.2) is 0 Å². The van der Waals surface area contributed by atoms with Crippen LogP contribution in [0.15, 0.2) is 18.2 Å². The van der Waals surface area contributed by atoms with Gasteiger partial charge in [-0.2, -0.15) is 0 Å². The highest BCUT2D eigenvalue weighted by molar-refractivity contribution is 6.31. The standard InChI is InChI=1S/C13H17ClN2/c1-9-10(2)16(7-3-6-15)13-5-4-11(14)8-12(9)13/h4-5,8H,3,6-7,15H2,1-2H3. The van der Waals surface area contributed by atoms with Gasteiger partial charge in [-0.3, -0.25) is 0 Å². The van der Waals surface area contributed by atoms with Crippen LogP contribution >= 0.6 is 11.6 Å². The Morgan fingerprint density at radius 2 is 2.06 bits per heavy atom. The second-order valence-corrected chi connectivity index (χ2v) is 4.60. The number of aryl methyl sites for hydroxylation is 2. The summed E-state index contributed by atoms with van der Waals surface area (Å²) in [6, 6.07) is 6.08. The highest BCUT2D eigenvalue weighted by atomic mass is 35.5. The van der Waals surface area contributed by atoms with Gasteiger partial charge in [-0.05, 0) is 50.6 Å². The molecular formula is C13H17ClN2. The van der Waals surface area contributed by atoms with Crippen molar-refractivity contribution in [2.45, 2.75) is 26.8 Å². The van der Waals surface area contributed by atoms with Gasteiger partial charge in [0.25, 0.3) is 0 Å². The zero-order chi connectivity index (χ0) is 11.7. The lowest BCUT2D eigenvalue weighted by Gasteiger charge is -2.07. The van der Waals surface area contributed by atoms with E-state index in [1.807, 2.05) is 12.1 Å². The molecule has 0 spiro atoms. The number of hydrogen-bond donors (Lipinski definition) is 1. The van der Waals surface area contributed by atoms with Gasteiger partial charge in [0.1, 0.15) is 0 Å². The number of nitrogens with two attached hydrogens (primary N) is 1. The predicted molar refractivity (Wildman–Crippen MR) is 70.1 cm³/mol. The molecule has 0 fully saturated rings. The van der Waals surface area contributed by atoms with E-state index in [1.54, 1.807) is 0 Å². The minimum absolute atomic E-state index is 0.728. The maximum Gasteiger partial charge on any atom is 0.0486 e. The van der Waals surface area contributed by atoms with Gasteiger partial charge in [0.2, 0.25) is 0 Å². The van der Waals surface area contributed by atoms with Crippen LogP contribution in [0.4, 0.5) is 0 Å². The fraction of sp³-hybridized carbons (Fsp3) is 0.385. The van der Waals surface area contributed by atoms with Crippen LogP contribution in [0.2, 0.25) is 5.02 Å². The molecule has 3 heteroatoms. The van der Waals surface area contributed by atoms with E-state index in [0.717, 1.165) is 24.5 Å². The quantitative estimate of drug-likeness (QED) is 0.872. The molecule has 86 valence electrons. The van der Waals surface area contributed by atoms with Gasteiger partial charge < -0.3 is 10.3 Å². The van der Waals surface area contributed by atoms with Crippen molar-refractivity contribution in [3.05, 3.63) is 34.5 Å². The van der Waals surface area contributed by atoms with E-state index >= 15 is 0 Å². The molecule has 1 aromatic carbocycles. The van der Waals surface area contributed by atoms with Crippen LogP contribution in [-0.2, 0) is 6.54 Å². The molecule has 0 atom stereocenters. The van der Waals surface area contributed by atoms with Crippen LogP contribution < -0.4 is 5.73 Å². The molecule has 0 radical (unpaired) electrons. The highest BCUT2D eigenvalue weighted by Crippen LogP contribution is 2.27. The molecule has 0 saturated carbocycles. The molecule has 0 unspecified atom stereocenters. The molecule has 2 N–H and O–H groups in total. The van der Waals surface area contributed by atoms with Gasteiger partial charge in [-0.1, -0.05) is 11.6 Å². The number of rotatable bonds is 3. The van der Waals surface area contributed by atoms with Crippen LogP contribution in [0.1, 0.15) is 17.7 Å². The van der Waals surface area contributed by atoms with E-state index in [1.165, 1.54) is 22.2 Å². The topological polar surface area (TPSA) is 30.9 Å². The smallest absolute Gasteiger partial charge is 0.0486 e. The molecule has 2 nitrogen and oxygen atoms in total. The number of halogens is 1. The minimum atomic E-state index is 0.728. The Balaban J connectivity index is 2.59. The van der Waals surface area contributed by atoms with Crippen LogP contribution in [0.3, 0.4) is 0 Å². The van der Waals surface area contributed by atoms with E-state index in [0.29, 0.717) is 0 Å². The zero-order valence-electron chi connectivity index (χ0n) is 9.76. The van der Waals surface area contributed by atoms with Crippen LogP contribution in [-0.4, -0.2) is 11.1 Å². The van der Waals surface area contributed by atoms with Crippen molar-refractivity contribution in [2.24, 2.45) is 5.73 Å². The average molecular weight is 237 g/mol. The first kappa shape index (κ1) is 11.5. The minimum Gasteiger partial charge on any atom is -0.345 e. The summed E-state index contributed by atoms with van der Waals surface area (Å²) in [5.74, 6) is 0. The first-order chi connectivity index (χ1) is 7.65. The summed E-state index contributed by atoms with van der Waals surface area (Å²) >= 11 is 6.03. The summed E-state index contributed by atoms with van der Waals surface area (Å²) in [5.41, 5.74) is 9.45. The fourth-order valence-corrected chi connectivity index (χ4v) is 2.33. The Kier molecular flexibility index (Phi) is 3.22. The monoisotopic (exact) mass is 236 g/mol. The van der Waals surface area contributed by atoms with Crippen molar-refractivity contribution in [2.75, 3.05) is 6.54 Å². The maximum atomic E-state index is 6.03. The molecule has 16 heavy (non-hydrogen) atoms. The molecule has 0 aliphatic carbocycles. The number of nitrogens with zero attached hydrogens (tertiary/aromatic N) is 1. The summed E-state index contributed by atoms with van der Waals surface area (Å²) in [7, 11) is 0. The lowest BCUT2D eigenvalue weighted by atomic mass is 10.2. The Labute approximate surface area is 101 Å². The van der Waals surface area contributed by atoms with Gasteiger partial charge in [-0.15, -0.1) is 0 Å². The molecule has 0 aliphatic rings. The Hall–Kier alpha value is -0.990. The van der Waals surface area contributed by atoms with E-state index in [-0.39, 0.29) is 0 Å². The Bertz CT molecular complexity index is 514. The second kappa shape index (κ2) is 4.48. The zero-order valence-corrected chi connectivity index (χ0v) is 10.5. The third-order valence-corrected chi connectivity index (χ3v) is 3.42. The Morgan fingerprint density at radius 3 is 2.75 bits per heavy atom. The number of aromatic nitrogens is 1. The molecular weight excluding hydrogens is 220 g/mol. The third-order valence-electron chi connectivity index (χ3n) is 3.19. The molecule has 1 aromatic heterocycles. The van der Waals surface area contributed by atoms with Crippen LogP contribution in [0.25, 0.3) is 10.9 Å². The first-order valence-corrected chi connectivity index (χ1v) is 5.98. The van der Waals surface area contributed by atoms with Gasteiger partial charge in [0.15, 0.2) is 0 Å². The summed E-state index contributed by atoms with van der Waals surface area (Å²) in [4.78, 5) is 0. The van der Waals surface area contributed by atoms with Crippen molar-refractivity contribution in [3.63, 3.8) is 0 Å². The molecule has 2 aromatic rings. The molecule has 2 rings (SSSR count). The maximum absolute atomic E-state index is 6.03. The predicted octanol–water partition coefficient (Wildman–Crippen LogP) is 3.26. The highest BCUT2D eigenvalue weighted by Gasteiger charge is 2.10. The number of fused-ring (bicyclic) bond motifs is 1. The van der Waals surface area contributed by atoms with E-state index in [9.17, 15) is 0 Å². The molecule has 0 saturated heterocycles. The van der Waals surface area contributed by atoms with Crippen molar-refractivity contribution in [1.82, 2.24) is 4.57 Å². The molecule has 0 amide bonds. The summed E-state index contributed by atoms with van der Waals surface area (Å²) in [6.07, 6.45) is 1.01. The lowest BCUT2D eigenvalue weighted by Crippen LogP contribution is -2.06. The molecule has 0 bridgehead atoms. The summed E-state index contributed by atoms with van der Waals surface area (Å²) in [5, 5.41) is 2.05. The van der Waals surface area contributed by atoms with E-state index in [4.69, 9.17) is 17.3 Å². The van der Waals surface area contributed by atoms with Crippen molar-refractivity contribution < 1.29 is 0 Å². The largest absolute Gasteiger partial charge is 0.345 e. The lowest BCUT2D eigenvalue weighted by molar-refractivity contribution is 0.655. The van der Waals surface area contributed by atoms with Crippen molar-refractivity contribution in [1.29, 1.82) is 0 Å². The number of benzene rings is 1. The summed E-state index contributed by atoms with van der Waals surface area (Å²) in [6.45, 7) is 6.01. The SMILES string of the molecule is Cc1c(C)n(CCCN)c2ccc(Cl)cc12. The van der Waals surface area contributed by atoms with E-state index in [2.05, 4.69) is 24.5 Å². The summed E-state index contributed by atoms with van der Waals surface area (Å²) < 4.78 is 2.33. The van der Waals surface area contributed by atoms with Crippen molar-refractivity contribution >= 4 is 22.5 Å². The van der Waals surface area contributed by atoms with Crippen LogP contribution in [0.5, 0.6) is 0 Å². The van der Waals surface area contributed by atoms with Gasteiger partial charge in [0.05, 0.1) is 0 Å². The van der Waals surface area contributed by atoms with Gasteiger partial charge >= 0.3 is 0 Å². The normalized spacial score (nSPS) is 11.2. The molecule has 1 heterocycles. The fourth-order valence-electron chi connectivity index (χ4n) is 2.16. The number of hydrogen-bond acceptors (Lipinski definition) is 1. The average Bonchev–Trinajstić information content (AvgIpc) is 2.50. The third kappa shape index (κ3) is 1.83. The van der Waals surface area contributed by atoms with Crippen molar-refractivity contribution in [3.8, 4) is 0 Å². The van der Waals surface area contributed by atoms with E-state index < -0.39 is 0 Å². The first-order valence-electron chi connectivity index (χ1n) is 5.60. The van der Waals surface area contributed by atoms with Gasteiger partial charge in [0, 0.05) is 28.2 Å². The second-order valence-electron chi connectivity index (χ2n) is 4.17. The van der Waals surface area contributed by atoms with Crippen LogP contribution in [0, 0.1) is 13.8 Å². The molecule has 0 aliphatic heterocycles. The Morgan fingerprint density at radius 1 is 1.31 bits per heavy atom.